The largest absolute Gasteiger partial charge is 0.242 e. The summed E-state index contributed by atoms with van der Waals surface area (Å²) in [6.07, 6.45) is 3.66. The van der Waals surface area contributed by atoms with Gasteiger partial charge in [-0.2, -0.15) is 0 Å². The number of hydrogen-bond acceptors (Lipinski definition) is 4. The van der Waals surface area contributed by atoms with Gasteiger partial charge in [-0.1, -0.05) is 0 Å². The van der Waals surface area contributed by atoms with Gasteiger partial charge in [0.2, 0.25) is 0 Å². The van der Waals surface area contributed by atoms with Crippen LogP contribution in [0.4, 0.5) is 0 Å². The molecule has 0 N–H and O–H groups in total. The van der Waals surface area contributed by atoms with E-state index >= 15 is 0 Å². The quantitative estimate of drug-likeness (QED) is 0.756. The Balaban J connectivity index is 2.45. The van der Waals surface area contributed by atoms with E-state index in [4.69, 9.17) is 0 Å². The van der Waals surface area contributed by atoms with Crippen molar-refractivity contribution >= 4 is 45.3 Å². The number of hydrogen-bond donors (Lipinski definition) is 0. The Morgan fingerprint density at radius 1 is 1.27 bits per heavy atom. The van der Waals surface area contributed by atoms with E-state index in [2.05, 4.69) is 32.6 Å². The minimum absolute atomic E-state index is 1.01. The lowest BCUT2D eigenvalue weighted by atomic mass is 10.7. The molecule has 2 rings (SSSR count). The van der Waals surface area contributed by atoms with Gasteiger partial charge in [0.25, 0.3) is 0 Å². The van der Waals surface area contributed by atoms with Crippen molar-refractivity contribution < 1.29 is 0 Å². The summed E-state index contributed by atoms with van der Waals surface area (Å²) < 4.78 is 1.20. The van der Waals surface area contributed by atoms with Gasteiger partial charge in [-0.25, -0.2) is 9.97 Å². The first-order valence-electron chi connectivity index (χ1n) is 2.87. The Hall–Kier alpha value is -0.0100. The summed E-state index contributed by atoms with van der Waals surface area (Å²) >= 11 is 5.55. The first kappa shape index (κ1) is 7.63. The molecule has 0 amide bonds. The molecule has 5 heteroatoms. The smallest absolute Gasteiger partial charge is 0.153 e. The maximum absolute atomic E-state index is 4.22. The van der Waals surface area contributed by atoms with Crippen LogP contribution in [0.1, 0.15) is 0 Å². The van der Waals surface area contributed by atoms with Gasteiger partial charge in [0.15, 0.2) is 10.0 Å². The van der Waals surface area contributed by atoms with E-state index in [-0.39, 0.29) is 0 Å². The summed E-state index contributed by atoms with van der Waals surface area (Å²) in [6, 6.07) is 0. The van der Waals surface area contributed by atoms with Gasteiger partial charge in [-0.3, -0.25) is 0 Å². The molecule has 2 aromatic heterocycles. The topological polar surface area (TPSA) is 25.8 Å². The molecule has 2 nitrogen and oxygen atoms in total. The fraction of sp³-hybridized carbons (Fsp3) is 0. The second-order valence-electron chi connectivity index (χ2n) is 1.81. The van der Waals surface area contributed by atoms with Crippen LogP contribution in [0.3, 0.4) is 0 Å². The first-order valence-corrected chi connectivity index (χ1v) is 5.65. The molecule has 56 valence electrons. The van der Waals surface area contributed by atoms with Gasteiger partial charge in [-0.05, 0) is 22.6 Å². The monoisotopic (exact) mass is 294 g/mol. The van der Waals surface area contributed by atoms with Gasteiger partial charge < -0.3 is 0 Å². The van der Waals surface area contributed by atoms with Crippen LogP contribution in [0.2, 0.25) is 0 Å². The number of aromatic nitrogens is 2. The van der Waals surface area contributed by atoms with E-state index in [0.29, 0.717) is 0 Å². The minimum Gasteiger partial charge on any atom is -0.242 e. The average Bonchev–Trinajstić information content (AvgIpc) is 2.55. The molecule has 0 aliphatic carbocycles. The third-order valence-electron chi connectivity index (χ3n) is 1.09. The summed E-state index contributed by atoms with van der Waals surface area (Å²) in [5, 5.41) is 3.99. The Bertz CT molecular complexity index is 341. The summed E-state index contributed by atoms with van der Waals surface area (Å²) in [5.41, 5.74) is 0. The maximum Gasteiger partial charge on any atom is 0.153 e. The standard InChI is InChI=1S/C6H3IN2S2/c7-4-3-9-6(11-4)5-8-1-2-10-5/h1-3H. The van der Waals surface area contributed by atoms with Crippen LogP contribution in [0, 0.1) is 2.88 Å². The zero-order chi connectivity index (χ0) is 7.68. The zero-order valence-electron chi connectivity index (χ0n) is 5.32. The summed E-state index contributed by atoms with van der Waals surface area (Å²) in [4.78, 5) is 8.38. The van der Waals surface area contributed by atoms with Gasteiger partial charge in [-0.15, -0.1) is 22.7 Å². The van der Waals surface area contributed by atoms with E-state index in [0.717, 1.165) is 10.0 Å². The second-order valence-corrected chi connectivity index (χ2v) is 5.63. The maximum atomic E-state index is 4.22. The van der Waals surface area contributed by atoms with E-state index in [1.54, 1.807) is 28.9 Å². The molecule has 0 radical (unpaired) electrons. The van der Waals surface area contributed by atoms with Crippen molar-refractivity contribution in [3.63, 3.8) is 0 Å². The van der Waals surface area contributed by atoms with Crippen LogP contribution >= 0.6 is 45.3 Å². The highest BCUT2D eigenvalue weighted by atomic mass is 127. The molecule has 0 unspecified atom stereocenters. The molecule has 2 heterocycles. The highest BCUT2D eigenvalue weighted by molar-refractivity contribution is 14.1. The van der Waals surface area contributed by atoms with Crippen molar-refractivity contribution in [2.24, 2.45) is 0 Å². The van der Waals surface area contributed by atoms with E-state index in [1.807, 2.05) is 11.6 Å². The number of thiazole rings is 2. The third kappa shape index (κ3) is 1.60. The molecule has 0 saturated carbocycles. The number of rotatable bonds is 1. The normalized spacial score (nSPS) is 10.3. The van der Waals surface area contributed by atoms with Crippen LogP contribution in [0.25, 0.3) is 10.0 Å². The molecule has 0 saturated heterocycles. The van der Waals surface area contributed by atoms with Gasteiger partial charge in [0.1, 0.15) is 0 Å². The summed E-state index contributed by atoms with van der Waals surface area (Å²) in [5.74, 6) is 0. The van der Waals surface area contributed by atoms with Gasteiger partial charge in [0, 0.05) is 11.6 Å². The Morgan fingerprint density at radius 3 is 2.73 bits per heavy atom. The molecule has 0 aliphatic rings. The summed E-state index contributed by atoms with van der Waals surface area (Å²) in [7, 11) is 0. The van der Waals surface area contributed by atoms with Crippen molar-refractivity contribution in [2.45, 2.75) is 0 Å². The fourth-order valence-electron chi connectivity index (χ4n) is 0.682. The van der Waals surface area contributed by atoms with E-state index in [1.165, 1.54) is 2.88 Å². The van der Waals surface area contributed by atoms with Crippen LogP contribution in [0.5, 0.6) is 0 Å². The molecule has 2 aromatic rings. The SMILES string of the molecule is Ic1cnc(-c2nccs2)s1. The average molecular weight is 294 g/mol. The van der Waals surface area contributed by atoms with Gasteiger partial charge >= 0.3 is 0 Å². The van der Waals surface area contributed by atoms with Crippen LogP contribution < -0.4 is 0 Å². The Labute approximate surface area is 85.5 Å². The minimum atomic E-state index is 1.01. The molecule has 0 aromatic carbocycles. The highest BCUT2D eigenvalue weighted by Crippen LogP contribution is 2.26. The van der Waals surface area contributed by atoms with Crippen LogP contribution in [0.15, 0.2) is 17.8 Å². The predicted molar refractivity (Wildman–Crippen MR) is 55.9 cm³/mol. The molecule has 0 aliphatic heterocycles. The zero-order valence-corrected chi connectivity index (χ0v) is 9.11. The third-order valence-corrected chi connectivity index (χ3v) is 3.73. The Kier molecular flexibility index (Phi) is 2.19. The highest BCUT2D eigenvalue weighted by Gasteiger charge is 2.03. The van der Waals surface area contributed by atoms with E-state index < -0.39 is 0 Å². The molecular weight excluding hydrogens is 291 g/mol. The molecular formula is C6H3IN2S2. The lowest BCUT2D eigenvalue weighted by Crippen LogP contribution is -1.68. The molecule has 0 fully saturated rings. The first-order chi connectivity index (χ1) is 5.36. The van der Waals surface area contributed by atoms with Crippen molar-refractivity contribution in [1.82, 2.24) is 9.97 Å². The molecule has 0 atom stereocenters. The fourth-order valence-corrected chi connectivity index (χ4v) is 2.78. The van der Waals surface area contributed by atoms with Gasteiger partial charge in [0.05, 0.1) is 9.08 Å². The van der Waals surface area contributed by atoms with E-state index in [9.17, 15) is 0 Å². The second kappa shape index (κ2) is 3.16. The molecule has 0 spiro atoms. The predicted octanol–water partition coefficient (Wildman–Crippen LogP) is 2.87. The van der Waals surface area contributed by atoms with Crippen molar-refractivity contribution in [3.8, 4) is 10.0 Å². The molecule has 11 heavy (non-hydrogen) atoms. The van der Waals surface area contributed by atoms with Crippen molar-refractivity contribution in [1.29, 1.82) is 0 Å². The van der Waals surface area contributed by atoms with Crippen molar-refractivity contribution in [3.05, 3.63) is 20.7 Å². The van der Waals surface area contributed by atoms with Crippen LogP contribution in [-0.2, 0) is 0 Å². The Morgan fingerprint density at radius 2 is 2.18 bits per heavy atom. The van der Waals surface area contributed by atoms with Crippen molar-refractivity contribution in [2.75, 3.05) is 0 Å². The summed E-state index contributed by atoms with van der Waals surface area (Å²) in [6.45, 7) is 0. The molecule has 0 bridgehead atoms. The van der Waals surface area contributed by atoms with Crippen LogP contribution in [-0.4, -0.2) is 9.97 Å². The number of nitrogens with zero attached hydrogens (tertiary/aromatic N) is 2. The number of halogens is 1. The lowest BCUT2D eigenvalue weighted by molar-refractivity contribution is 1.35. The lowest BCUT2D eigenvalue weighted by Gasteiger charge is -1.82.